The summed E-state index contributed by atoms with van der Waals surface area (Å²) in [6, 6.07) is 21.6. The highest BCUT2D eigenvalue weighted by Crippen LogP contribution is 2.39. The Hall–Kier alpha value is -4.37. The number of imidazole rings is 1. The van der Waals surface area contributed by atoms with Crippen molar-refractivity contribution in [2.24, 2.45) is 0 Å². The molecule has 0 fully saturated rings. The lowest BCUT2D eigenvalue weighted by molar-refractivity contribution is 0.0697. The predicted molar refractivity (Wildman–Crippen MR) is 178 cm³/mol. The van der Waals surface area contributed by atoms with Gasteiger partial charge in [0.05, 0.1) is 37.2 Å². The number of carboxylic acid groups (broad SMARTS) is 1. The summed E-state index contributed by atoms with van der Waals surface area (Å²) in [4.78, 5) is 16.6. The van der Waals surface area contributed by atoms with E-state index in [1.54, 1.807) is 54.6 Å². The van der Waals surface area contributed by atoms with Gasteiger partial charge in [-0.15, -0.1) is 0 Å². The van der Waals surface area contributed by atoms with Crippen LogP contribution in [0.3, 0.4) is 0 Å². The fourth-order valence-corrected chi connectivity index (χ4v) is 6.17. The van der Waals surface area contributed by atoms with Gasteiger partial charge >= 0.3 is 5.97 Å². The first-order valence-electron chi connectivity index (χ1n) is 14.4. The molecular weight excluding hydrogens is 652 g/mol. The highest BCUT2D eigenvalue weighted by molar-refractivity contribution is 6.39. The molecule has 0 saturated carbocycles. The Labute approximate surface area is 279 Å². The second-order valence-corrected chi connectivity index (χ2v) is 12.2. The molecular formula is C35H27Cl3FN3O4. The van der Waals surface area contributed by atoms with Gasteiger partial charge in [-0.05, 0) is 72.6 Å². The van der Waals surface area contributed by atoms with Crippen LogP contribution in [0.2, 0.25) is 15.1 Å². The van der Waals surface area contributed by atoms with Gasteiger partial charge in [0.15, 0.2) is 0 Å². The average molecular weight is 679 g/mol. The summed E-state index contributed by atoms with van der Waals surface area (Å²) in [5.74, 6) is 0.394. The number of carboxylic acids is 1. The third kappa shape index (κ3) is 6.33. The molecule has 4 aromatic carbocycles. The maximum Gasteiger partial charge on any atom is 0.335 e. The lowest BCUT2D eigenvalue weighted by Gasteiger charge is -2.13. The molecule has 46 heavy (non-hydrogen) atoms. The number of hydrogen-bond acceptors (Lipinski definition) is 5. The summed E-state index contributed by atoms with van der Waals surface area (Å²) in [6.45, 7) is 4.57. The first kappa shape index (κ1) is 31.6. The monoisotopic (exact) mass is 677 g/mol. The molecule has 6 rings (SSSR count). The first-order chi connectivity index (χ1) is 22.1. The fourth-order valence-electron chi connectivity index (χ4n) is 5.34. The second-order valence-electron chi connectivity index (χ2n) is 11.0. The van der Waals surface area contributed by atoms with Crippen molar-refractivity contribution in [1.29, 1.82) is 0 Å². The van der Waals surface area contributed by atoms with E-state index >= 15 is 0 Å². The number of hydrogen-bond donors (Lipinski definition) is 1. The molecule has 0 radical (unpaired) electrons. The minimum absolute atomic E-state index is 0.0247. The summed E-state index contributed by atoms with van der Waals surface area (Å²) in [6.07, 6.45) is 0.559. The number of halogens is 4. The van der Waals surface area contributed by atoms with Crippen LogP contribution in [0.15, 0.2) is 83.4 Å². The summed E-state index contributed by atoms with van der Waals surface area (Å²) in [7, 11) is 0. The highest BCUT2D eigenvalue weighted by atomic mass is 35.5. The zero-order valence-electron chi connectivity index (χ0n) is 24.7. The number of ether oxygens (including phenoxy) is 1. The molecule has 1 N–H and O–H groups in total. The van der Waals surface area contributed by atoms with Crippen LogP contribution in [0, 0.1) is 5.82 Å². The molecule has 0 aliphatic carbocycles. The Balaban J connectivity index is 1.33. The molecule has 11 heteroatoms. The lowest BCUT2D eigenvalue weighted by atomic mass is 10.0. The van der Waals surface area contributed by atoms with Gasteiger partial charge in [-0.2, -0.15) is 0 Å². The largest absolute Gasteiger partial charge is 0.489 e. The SMILES string of the molecule is CC(C)c1onc(-c2c(Cl)cccc2Cl)c1COc1ccc(-c2nc3ccc(C(=O)O)cc3n2CCc2ccc(F)cc2)c(Cl)c1. The summed E-state index contributed by atoms with van der Waals surface area (Å²) >= 11 is 19.8. The molecule has 0 amide bonds. The van der Waals surface area contributed by atoms with E-state index in [0.717, 1.165) is 11.1 Å². The van der Waals surface area contributed by atoms with Crippen LogP contribution in [-0.4, -0.2) is 25.8 Å². The van der Waals surface area contributed by atoms with E-state index in [1.165, 1.54) is 18.2 Å². The van der Waals surface area contributed by atoms with Gasteiger partial charge in [0, 0.05) is 23.6 Å². The Morgan fingerprint density at radius 1 is 0.978 bits per heavy atom. The van der Waals surface area contributed by atoms with Crippen molar-refractivity contribution in [1.82, 2.24) is 14.7 Å². The van der Waals surface area contributed by atoms with Crippen LogP contribution in [0.25, 0.3) is 33.7 Å². The van der Waals surface area contributed by atoms with Gasteiger partial charge in [0.2, 0.25) is 0 Å². The maximum atomic E-state index is 13.5. The molecule has 6 aromatic rings. The fraction of sp³-hybridized carbons (Fsp3) is 0.171. The van der Waals surface area contributed by atoms with E-state index in [4.69, 9.17) is 49.0 Å². The number of aryl methyl sites for hydroxylation is 2. The second kappa shape index (κ2) is 13.2. The van der Waals surface area contributed by atoms with Crippen molar-refractivity contribution in [3.8, 4) is 28.4 Å². The lowest BCUT2D eigenvalue weighted by Crippen LogP contribution is -2.05. The van der Waals surface area contributed by atoms with E-state index in [0.29, 0.717) is 73.2 Å². The van der Waals surface area contributed by atoms with E-state index < -0.39 is 5.97 Å². The maximum absolute atomic E-state index is 13.5. The normalized spacial score (nSPS) is 11.5. The van der Waals surface area contributed by atoms with Gasteiger partial charge in [0.25, 0.3) is 0 Å². The molecule has 0 saturated heterocycles. The van der Waals surface area contributed by atoms with Crippen molar-refractivity contribution in [2.45, 2.75) is 39.3 Å². The van der Waals surface area contributed by atoms with Crippen molar-refractivity contribution in [3.63, 3.8) is 0 Å². The Morgan fingerprint density at radius 3 is 2.39 bits per heavy atom. The molecule has 0 atom stereocenters. The number of rotatable bonds is 10. The van der Waals surface area contributed by atoms with Crippen molar-refractivity contribution >= 4 is 51.8 Å². The molecule has 0 aliphatic rings. The summed E-state index contributed by atoms with van der Waals surface area (Å²) in [5, 5.41) is 15.2. The summed E-state index contributed by atoms with van der Waals surface area (Å²) < 4.78 is 27.3. The smallest absolute Gasteiger partial charge is 0.335 e. The predicted octanol–water partition coefficient (Wildman–Crippen LogP) is 10.1. The van der Waals surface area contributed by atoms with Crippen LogP contribution in [0.1, 0.15) is 47.0 Å². The van der Waals surface area contributed by atoms with Gasteiger partial charge in [-0.3, -0.25) is 0 Å². The highest BCUT2D eigenvalue weighted by Gasteiger charge is 2.24. The third-order valence-corrected chi connectivity index (χ3v) is 8.58. The van der Waals surface area contributed by atoms with Crippen molar-refractivity contribution in [3.05, 3.63) is 122 Å². The molecule has 0 aliphatic heterocycles. The van der Waals surface area contributed by atoms with Crippen molar-refractivity contribution < 1.29 is 23.6 Å². The molecule has 2 aromatic heterocycles. The number of aromatic nitrogens is 3. The van der Waals surface area contributed by atoms with E-state index in [2.05, 4.69) is 5.16 Å². The van der Waals surface area contributed by atoms with Crippen LogP contribution in [-0.2, 0) is 19.6 Å². The number of nitrogens with zero attached hydrogens (tertiary/aromatic N) is 3. The Kier molecular flexibility index (Phi) is 9.04. The molecule has 234 valence electrons. The Bertz CT molecular complexity index is 2050. The topological polar surface area (TPSA) is 90.4 Å². The van der Waals surface area contributed by atoms with Gasteiger partial charge < -0.3 is 18.9 Å². The molecule has 0 bridgehead atoms. The molecule has 0 unspecified atom stereocenters. The zero-order chi connectivity index (χ0) is 32.5. The zero-order valence-corrected chi connectivity index (χ0v) is 27.0. The minimum atomic E-state index is -1.04. The van der Waals surface area contributed by atoms with Crippen molar-refractivity contribution in [2.75, 3.05) is 0 Å². The average Bonchev–Trinajstić information content (AvgIpc) is 3.61. The number of aromatic carboxylic acids is 1. The standard InChI is InChI=1S/C35H27Cl3FN3O4/c1-19(2)33-25(32(41-46-33)31-26(36)4-3-5-27(31)37)18-45-23-11-12-24(28(38)17-23)34-40-29-13-8-21(35(43)44)16-30(29)42(34)15-14-20-6-9-22(39)10-7-20/h3-13,16-17,19H,14-15,18H2,1-2H3,(H,43,44). The number of carbonyl (C=O) groups is 1. The van der Waals surface area contributed by atoms with Crippen LogP contribution >= 0.6 is 34.8 Å². The van der Waals surface area contributed by atoms with Crippen LogP contribution in [0.5, 0.6) is 5.75 Å². The van der Waals surface area contributed by atoms with E-state index in [9.17, 15) is 14.3 Å². The quantitative estimate of drug-likeness (QED) is 0.155. The van der Waals surface area contributed by atoms with Gasteiger partial charge in [-0.25, -0.2) is 14.2 Å². The van der Waals surface area contributed by atoms with Crippen LogP contribution in [0.4, 0.5) is 4.39 Å². The van der Waals surface area contributed by atoms with E-state index in [-0.39, 0.29) is 23.9 Å². The molecule has 7 nitrogen and oxygen atoms in total. The Morgan fingerprint density at radius 2 is 1.72 bits per heavy atom. The molecule has 2 heterocycles. The van der Waals surface area contributed by atoms with Gasteiger partial charge in [-0.1, -0.05) is 72.0 Å². The van der Waals surface area contributed by atoms with Gasteiger partial charge in [0.1, 0.15) is 35.5 Å². The summed E-state index contributed by atoms with van der Waals surface area (Å²) in [5.41, 5.74) is 4.77. The van der Waals surface area contributed by atoms with Crippen LogP contribution < -0.4 is 4.74 Å². The molecule has 0 spiro atoms. The first-order valence-corrected chi connectivity index (χ1v) is 15.6. The number of fused-ring (bicyclic) bond motifs is 1. The van der Waals surface area contributed by atoms with E-state index in [1.807, 2.05) is 24.5 Å². The third-order valence-electron chi connectivity index (χ3n) is 7.64. The minimum Gasteiger partial charge on any atom is -0.489 e. The number of benzene rings is 4.